The van der Waals surface area contributed by atoms with E-state index in [2.05, 4.69) is 23.9 Å². The van der Waals surface area contributed by atoms with E-state index in [1.807, 2.05) is 0 Å². The molecule has 25 heavy (non-hydrogen) atoms. The third-order valence-electron chi connectivity index (χ3n) is 7.99. The summed E-state index contributed by atoms with van der Waals surface area (Å²) in [6.45, 7) is 3.72. The maximum absolute atomic E-state index is 13.4. The lowest BCUT2D eigenvalue weighted by Crippen LogP contribution is -2.69. The third-order valence-corrected chi connectivity index (χ3v) is 7.99. The van der Waals surface area contributed by atoms with E-state index in [-0.39, 0.29) is 11.0 Å². The first-order valence-corrected chi connectivity index (χ1v) is 10.5. The second-order valence-corrected chi connectivity index (χ2v) is 10.5. The Bertz CT molecular complexity index is 507. The van der Waals surface area contributed by atoms with Crippen molar-refractivity contribution in [1.29, 1.82) is 0 Å². The molecule has 4 heteroatoms. The van der Waals surface area contributed by atoms with Crippen LogP contribution >= 0.6 is 0 Å². The molecule has 2 aliphatic heterocycles. The summed E-state index contributed by atoms with van der Waals surface area (Å²) in [6, 6.07) is 0. The van der Waals surface area contributed by atoms with Crippen LogP contribution in [0.4, 0.5) is 0 Å². The van der Waals surface area contributed by atoms with Crippen LogP contribution in [0.15, 0.2) is 0 Å². The minimum Gasteiger partial charge on any atom is -0.371 e. The first-order chi connectivity index (χ1) is 12.0. The van der Waals surface area contributed by atoms with Gasteiger partial charge in [-0.3, -0.25) is 4.79 Å². The van der Waals surface area contributed by atoms with Crippen molar-refractivity contribution in [3.05, 3.63) is 0 Å². The Hall–Kier alpha value is -0.610. The van der Waals surface area contributed by atoms with Crippen LogP contribution in [0.1, 0.15) is 51.4 Å². The highest BCUT2D eigenvalue weighted by Crippen LogP contribution is 2.61. The molecule has 1 spiro atoms. The van der Waals surface area contributed by atoms with Crippen molar-refractivity contribution >= 4 is 5.91 Å². The monoisotopic (exact) mass is 346 g/mol. The van der Waals surface area contributed by atoms with E-state index >= 15 is 0 Å². The number of likely N-dealkylation sites (tertiary alicyclic amines) is 1. The van der Waals surface area contributed by atoms with Gasteiger partial charge in [0.05, 0.1) is 25.1 Å². The number of carbonyl (C=O) groups excluding carboxylic acids is 1. The summed E-state index contributed by atoms with van der Waals surface area (Å²) < 4.78 is 6.29. The fourth-order valence-electron chi connectivity index (χ4n) is 7.33. The van der Waals surface area contributed by atoms with Crippen molar-refractivity contribution in [3.63, 3.8) is 0 Å². The number of hydrogen-bond acceptors (Lipinski definition) is 3. The lowest BCUT2D eigenvalue weighted by Gasteiger charge is -2.60. The van der Waals surface area contributed by atoms with E-state index in [1.54, 1.807) is 0 Å². The molecule has 6 aliphatic rings. The maximum atomic E-state index is 13.4. The van der Waals surface area contributed by atoms with Gasteiger partial charge in [0.25, 0.3) is 0 Å². The molecule has 4 saturated carbocycles. The number of nitrogens with zero attached hydrogens (tertiary/aromatic N) is 2. The normalized spacial score (nSPS) is 44.4. The van der Waals surface area contributed by atoms with Gasteiger partial charge in [-0.2, -0.15) is 0 Å². The molecule has 0 aromatic carbocycles. The Morgan fingerprint density at radius 1 is 1.08 bits per heavy atom. The standard InChI is InChI=1S/C21H34N2O2/c1-22(2)11-15-3-4-21(25-12-15)13-23(14-21)19(24)20-8-16-5-17(9-20)7-18(6-16)10-20/h15-18H,3-14H2,1-2H3/t15-,16?,17?,18?,20?/m0/s1. The molecule has 6 fully saturated rings. The second-order valence-electron chi connectivity index (χ2n) is 10.5. The van der Waals surface area contributed by atoms with Gasteiger partial charge in [-0.25, -0.2) is 0 Å². The van der Waals surface area contributed by atoms with Gasteiger partial charge in [0.2, 0.25) is 5.91 Å². The first-order valence-electron chi connectivity index (χ1n) is 10.5. The van der Waals surface area contributed by atoms with E-state index in [4.69, 9.17) is 4.74 Å². The summed E-state index contributed by atoms with van der Waals surface area (Å²) in [5, 5.41) is 0. The fraction of sp³-hybridized carbons (Fsp3) is 0.952. The van der Waals surface area contributed by atoms with Gasteiger partial charge in [0.1, 0.15) is 5.60 Å². The summed E-state index contributed by atoms with van der Waals surface area (Å²) in [4.78, 5) is 17.8. The first kappa shape index (κ1) is 16.6. The largest absolute Gasteiger partial charge is 0.371 e. The lowest BCUT2D eigenvalue weighted by atomic mass is 9.49. The van der Waals surface area contributed by atoms with Crippen molar-refractivity contribution in [2.24, 2.45) is 29.1 Å². The Morgan fingerprint density at radius 2 is 1.68 bits per heavy atom. The Kier molecular flexibility index (Phi) is 3.77. The van der Waals surface area contributed by atoms with E-state index < -0.39 is 0 Å². The van der Waals surface area contributed by atoms with Crippen LogP contribution in [0.2, 0.25) is 0 Å². The van der Waals surface area contributed by atoms with Gasteiger partial charge in [0.15, 0.2) is 0 Å². The predicted molar refractivity (Wildman–Crippen MR) is 97.1 cm³/mol. The van der Waals surface area contributed by atoms with Crippen LogP contribution in [0.5, 0.6) is 0 Å². The molecular formula is C21H34N2O2. The van der Waals surface area contributed by atoms with Crippen molar-refractivity contribution in [1.82, 2.24) is 9.80 Å². The summed E-state index contributed by atoms with van der Waals surface area (Å²) in [6.07, 6.45) is 10.2. The van der Waals surface area contributed by atoms with Crippen molar-refractivity contribution < 1.29 is 9.53 Å². The molecule has 140 valence electrons. The smallest absolute Gasteiger partial charge is 0.229 e. The number of rotatable bonds is 3. The Labute approximate surface area is 152 Å². The lowest BCUT2D eigenvalue weighted by molar-refractivity contribution is -0.203. The quantitative estimate of drug-likeness (QED) is 0.788. The zero-order valence-corrected chi connectivity index (χ0v) is 16.0. The molecule has 0 unspecified atom stereocenters. The average molecular weight is 347 g/mol. The molecular weight excluding hydrogens is 312 g/mol. The van der Waals surface area contributed by atoms with Gasteiger partial charge in [-0.15, -0.1) is 0 Å². The Morgan fingerprint density at radius 3 is 2.16 bits per heavy atom. The molecule has 0 aromatic rings. The highest BCUT2D eigenvalue weighted by atomic mass is 16.5. The van der Waals surface area contributed by atoms with Gasteiger partial charge >= 0.3 is 0 Å². The summed E-state index contributed by atoms with van der Waals surface area (Å²) >= 11 is 0. The molecule has 4 aliphatic carbocycles. The second kappa shape index (κ2) is 5.69. The minimum absolute atomic E-state index is 0.000761. The highest BCUT2D eigenvalue weighted by Gasteiger charge is 2.58. The Balaban J connectivity index is 1.19. The zero-order chi connectivity index (χ0) is 17.2. The van der Waals surface area contributed by atoms with Gasteiger partial charge in [-0.05, 0) is 89.1 Å². The van der Waals surface area contributed by atoms with E-state index in [1.165, 1.54) is 44.9 Å². The number of hydrogen-bond donors (Lipinski definition) is 0. The molecule has 4 bridgehead atoms. The summed E-state index contributed by atoms with van der Waals surface area (Å²) in [7, 11) is 4.28. The number of amides is 1. The molecule has 0 radical (unpaired) electrons. The van der Waals surface area contributed by atoms with Crippen LogP contribution < -0.4 is 0 Å². The van der Waals surface area contributed by atoms with Crippen LogP contribution in [0.3, 0.4) is 0 Å². The van der Waals surface area contributed by atoms with Crippen molar-refractivity contribution in [2.45, 2.75) is 57.0 Å². The van der Waals surface area contributed by atoms with Crippen LogP contribution in [0, 0.1) is 29.1 Å². The topological polar surface area (TPSA) is 32.8 Å². The van der Waals surface area contributed by atoms with E-state index in [0.717, 1.165) is 50.4 Å². The molecule has 1 amide bonds. The zero-order valence-electron chi connectivity index (χ0n) is 16.0. The van der Waals surface area contributed by atoms with Crippen LogP contribution in [-0.4, -0.2) is 61.6 Å². The molecule has 0 aromatic heterocycles. The summed E-state index contributed by atoms with van der Waals surface area (Å²) in [5.74, 6) is 3.71. The molecule has 6 rings (SSSR count). The minimum atomic E-state index is 0.000761. The van der Waals surface area contributed by atoms with Gasteiger partial charge in [0, 0.05) is 6.54 Å². The SMILES string of the molecule is CN(C)C[C@@H]1CCC2(CN(C(=O)C34CC5CC(CC(C5)C3)C4)C2)OC1. The number of carbonyl (C=O) groups is 1. The fourth-order valence-corrected chi connectivity index (χ4v) is 7.33. The molecule has 4 nitrogen and oxygen atoms in total. The maximum Gasteiger partial charge on any atom is 0.229 e. The molecule has 2 saturated heterocycles. The van der Waals surface area contributed by atoms with Gasteiger partial charge < -0.3 is 14.5 Å². The third kappa shape index (κ3) is 2.75. The molecule has 2 heterocycles. The van der Waals surface area contributed by atoms with Gasteiger partial charge in [-0.1, -0.05) is 0 Å². The summed E-state index contributed by atoms with van der Waals surface area (Å²) in [5.41, 5.74) is 0.0270. The van der Waals surface area contributed by atoms with Crippen LogP contribution in [-0.2, 0) is 9.53 Å². The number of ether oxygens (including phenoxy) is 1. The van der Waals surface area contributed by atoms with E-state index in [0.29, 0.717) is 11.8 Å². The average Bonchev–Trinajstić information content (AvgIpc) is 2.51. The van der Waals surface area contributed by atoms with E-state index in [9.17, 15) is 4.79 Å². The van der Waals surface area contributed by atoms with Crippen molar-refractivity contribution in [3.8, 4) is 0 Å². The van der Waals surface area contributed by atoms with Crippen molar-refractivity contribution in [2.75, 3.05) is 40.3 Å². The molecule has 0 N–H and O–H groups in total. The van der Waals surface area contributed by atoms with Crippen LogP contribution in [0.25, 0.3) is 0 Å². The highest BCUT2D eigenvalue weighted by molar-refractivity contribution is 5.84. The molecule has 1 atom stereocenters. The predicted octanol–water partition coefficient (Wildman–Crippen LogP) is 2.77.